The van der Waals surface area contributed by atoms with Gasteiger partial charge in [-0.1, -0.05) is 25.0 Å². The number of benzene rings is 1. The molecule has 1 aliphatic rings. The maximum Gasteiger partial charge on any atom is 0.220 e. The zero-order chi connectivity index (χ0) is 18.1. The fourth-order valence-corrected chi connectivity index (χ4v) is 3.29. The standard InChI is InChI=1S/C19H29FN4O.HI/c1-21-19(24(2)14-16-8-5-9-17(20)12-16)23-11-10-22-18(25)13-15-6-3-4-7-15;/h5,8-9,12,15H,3-4,6-7,10-11,13-14H2,1-2H3,(H,21,23)(H,22,25);1H. The van der Waals surface area contributed by atoms with Crippen molar-refractivity contribution < 1.29 is 9.18 Å². The van der Waals surface area contributed by atoms with Gasteiger partial charge in [-0.05, 0) is 36.5 Å². The first-order valence-corrected chi connectivity index (χ1v) is 9.01. The van der Waals surface area contributed by atoms with Crippen LogP contribution in [0, 0.1) is 11.7 Å². The Morgan fingerprint density at radius 2 is 1.96 bits per heavy atom. The van der Waals surface area contributed by atoms with Gasteiger partial charge in [0.25, 0.3) is 0 Å². The summed E-state index contributed by atoms with van der Waals surface area (Å²) < 4.78 is 13.3. The summed E-state index contributed by atoms with van der Waals surface area (Å²) in [6.07, 6.45) is 5.53. The lowest BCUT2D eigenvalue weighted by Crippen LogP contribution is -2.42. The summed E-state index contributed by atoms with van der Waals surface area (Å²) in [6.45, 7) is 1.74. The molecule has 0 spiro atoms. The number of halogens is 2. The minimum absolute atomic E-state index is 0. The van der Waals surface area contributed by atoms with E-state index in [-0.39, 0.29) is 35.7 Å². The van der Waals surface area contributed by atoms with Crippen molar-refractivity contribution in [3.63, 3.8) is 0 Å². The maximum atomic E-state index is 13.3. The topological polar surface area (TPSA) is 56.7 Å². The molecule has 1 aromatic rings. The van der Waals surface area contributed by atoms with Gasteiger partial charge in [0.2, 0.25) is 5.91 Å². The van der Waals surface area contributed by atoms with Gasteiger partial charge in [-0.15, -0.1) is 24.0 Å². The molecule has 1 aliphatic carbocycles. The van der Waals surface area contributed by atoms with E-state index in [1.54, 1.807) is 13.1 Å². The van der Waals surface area contributed by atoms with Crippen molar-refractivity contribution in [3.8, 4) is 0 Å². The third-order valence-corrected chi connectivity index (χ3v) is 4.56. The van der Waals surface area contributed by atoms with E-state index in [9.17, 15) is 9.18 Å². The lowest BCUT2D eigenvalue weighted by molar-refractivity contribution is -0.121. The minimum atomic E-state index is -0.237. The Labute approximate surface area is 172 Å². The van der Waals surface area contributed by atoms with E-state index in [1.807, 2.05) is 18.0 Å². The molecule has 5 nitrogen and oxygen atoms in total. The molecule has 0 radical (unpaired) electrons. The molecule has 2 N–H and O–H groups in total. The number of carbonyl (C=O) groups excluding carboxylic acids is 1. The monoisotopic (exact) mass is 476 g/mol. The molecule has 0 bridgehead atoms. The zero-order valence-corrected chi connectivity index (χ0v) is 18.0. The molecule has 7 heteroatoms. The highest BCUT2D eigenvalue weighted by molar-refractivity contribution is 14.0. The van der Waals surface area contributed by atoms with Crippen LogP contribution in [0.4, 0.5) is 4.39 Å². The van der Waals surface area contributed by atoms with Gasteiger partial charge in [0, 0.05) is 40.2 Å². The molecule has 0 unspecified atom stereocenters. The Balaban J connectivity index is 0.00000338. The highest BCUT2D eigenvalue weighted by Crippen LogP contribution is 2.27. The Hall–Kier alpha value is -1.38. The first-order valence-electron chi connectivity index (χ1n) is 9.01. The van der Waals surface area contributed by atoms with Gasteiger partial charge in [0.05, 0.1) is 0 Å². The van der Waals surface area contributed by atoms with Crippen LogP contribution in [0.5, 0.6) is 0 Å². The number of hydrogen-bond acceptors (Lipinski definition) is 2. The highest BCUT2D eigenvalue weighted by Gasteiger charge is 2.18. The molecule has 2 rings (SSSR count). The largest absolute Gasteiger partial charge is 0.354 e. The van der Waals surface area contributed by atoms with E-state index in [0.29, 0.717) is 37.9 Å². The van der Waals surface area contributed by atoms with Crippen LogP contribution in [-0.4, -0.2) is 44.0 Å². The van der Waals surface area contributed by atoms with E-state index in [1.165, 1.54) is 37.8 Å². The van der Waals surface area contributed by atoms with Crippen LogP contribution in [0.1, 0.15) is 37.7 Å². The number of rotatable bonds is 7. The van der Waals surface area contributed by atoms with Gasteiger partial charge in [-0.2, -0.15) is 0 Å². The van der Waals surface area contributed by atoms with Gasteiger partial charge in [0.1, 0.15) is 5.82 Å². The molecule has 0 heterocycles. The number of carbonyl (C=O) groups is 1. The van der Waals surface area contributed by atoms with Crippen LogP contribution < -0.4 is 10.6 Å². The molecule has 1 fully saturated rings. The van der Waals surface area contributed by atoms with Crippen LogP contribution in [0.2, 0.25) is 0 Å². The van der Waals surface area contributed by atoms with Crippen molar-refractivity contribution in [2.24, 2.45) is 10.9 Å². The maximum absolute atomic E-state index is 13.3. The molecule has 146 valence electrons. The number of hydrogen-bond donors (Lipinski definition) is 2. The average Bonchev–Trinajstić information content (AvgIpc) is 3.07. The predicted octanol–water partition coefficient (Wildman–Crippen LogP) is 3.15. The molecule has 26 heavy (non-hydrogen) atoms. The zero-order valence-electron chi connectivity index (χ0n) is 15.6. The lowest BCUT2D eigenvalue weighted by atomic mass is 10.0. The van der Waals surface area contributed by atoms with Gasteiger partial charge >= 0.3 is 0 Å². The molecular formula is C19H30FIN4O. The summed E-state index contributed by atoms with van der Waals surface area (Å²) in [5, 5.41) is 6.18. The normalized spacial score (nSPS) is 14.7. The van der Waals surface area contributed by atoms with Crippen LogP contribution in [0.3, 0.4) is 0 Å². The predicted molar refractivity (Wildman–Crippen MR) is 114 cm³/mol. The summed E-state index contributed by atoms with van der Waals surface area (Å²) in [7, 11) is 3.61. The van der Waals surface area contributed by atoms with Gasteiger partial charge in [-0.25, -0.2) is 4.39 Å². The first kappa shape index (κ1) is 22.7. The van der Waals surface area contributed by atoms with Crippen molar-refractivity contribution in [1.29, 1.82) is 0 Å². The summed E-state index contributed by atoms with van der Waals surface area (Å²) in [4.78, 5) is 18.1. The van der Waals surface area contributed by atoms with Crippen LogP contribution in [0.15, 0.2) is 29.3 Å². The molecule has 0 saturated heterocycles. The Kier molecular flexibility index (Phi) is 10.5. The Morgan fingerprint density at radius 1 is 1.27 bits per heavy atom. The van der Waals surface area contributed by atoms with Crippen LogP contribution in [0.25, 0.3) is 0 Å². The molecule has 0 aromatic heterocycles. The van der Waals surface area contributed by atoms with Gasteiger partial charge in [0.15, 0.2) is 5.96 Å². The quantitative estimate of drug-likeness (QED) is 0.275. The van der Waals surface area contributed by atoms with Crippen LogP contribution >= 0.6 is 24.0 Å². The molecule has 0 aliphatic heterocycles. The summed E-state index contributed by atoms with van der Waals surface area (Å²) in [5.41, 5.74) is 0.885. The molecule has 0 atom stereocenters. The fraction of sp³-hybridized carbons (Fsp3) is 0.579. The number of nitrogens with one attached hydrogen (secondary N) is 2. The minimum Gasteiger partial charge on any atom is -0.354 e. The molecule has 1 amide bonds. The van der Waals surface area contributed by atoms with E-state index >= 15 is 0 Å². The van der Waals surface area contributed by atoms with E-state index < -0.39 is 0 Å². The number of amides is 1. The molecule has 1 saturated carbocycles. The second-order valence-corrected chi connectivity index (χ2v) is 6.66. The smallest absolute Gasteiger partial charge is 0.220 e. The lowest BCUT2D eigenvalue weighted by Gasteiger charge is -2.22. The average molecular weight is 476 g/mol. The summed E-state index contributed by atoms with van der Waals surface area (Å²) in [5.74, 6) is 1.18. The fourth-order valence-electron chi connectivity index (χ4n) is 3.29. The highest BCUT2D eigenvalue weighted by atomic mass is 127. The number of guanidine groups is 1. The summed E-state index contributed by atoms with van der Waals surface area (Å²) in [6, 6.07) is 6.54. The van der Waals surface area contributed by atoms with Gasteiger partial charge in [-0.3, -0.25) is 9.79 Å². The molecule has 1 aromatic carbocycles. The number of aliphatic imine (C=N–C) groups is 1. The first-order chi connectivity index (χ1) is 12.1. The Morgan fingerprint density at radius 3 is 2.62 bits per heavy atom. The van der Waals surface area contributed by atoms with E-state index in [4.69, 9.17) is 0 Å². The van der Waals surface area contributed by atoms with Crippen molar-refractivity contribution in [2.75, 3.05) is 27.2 Å². The third-order valence-electron chi connectivity index (χ3n) is 4.56. The summed E-state index contributed by atoms with van der Waals surface area (Å²) >= 11 is 0. The van der Waals surface area contributed by atoms with Crippen molar-refractivity contribution in [2.45, 2.75) is 38.6 Å². The van der Waals surface area contributed by atoms with Crippen LogP contribution in [-0.2, 0) is 11.3 Å². The van der Waals surface area contributed by atoms with Gasteiger partial charge < -0.3 is 15.5 Å². The van der Waals surface area contributed by atoms with E-state index in [2.05, 4.69) is 15.6 Å². The number of nitrogens with zero attached hydrogens (tertiary/aromatic N) is 2. The molecular weight excluding hydrogens is 446 g/mol. The van der Waals surface area contributed by atoms with Crippen molar-refractivity contribution in [1.82, 2.24) is 15.5 Å². The second-order valence-electron chi connectivity index (χ2n) is 6.66. The van der Waals surface area contributed by atoms with E-state index in [0.717, 1.165) is 5.56 Å². The Bertz CT molecular complexity index is 591. The SMILES string of the molecule is CN=C(NCCNC(=O)CC1CCCC1)N(C)Cc1cccc(F)c1.I. The second kappa shape index (κ2) is 12.1. The third kappa shape index (κ3) is 7.88. The van der Waals surface area contributed by atoms with Crippen molar-refractivity contribution in [3.05, 3.63) is 35.6 Å². The van der Waals surface area contributed by atoms with Crippen molar-refractivity contribution >= 4 is 35.8 Å².